The van der Waals surface area contributed by atoms with Crippen molar-refractivity contribution < 1.29 is 27.6 Å². The first-order valence-corrected chi connectivity index (χ1v) is 15.0. The van der Waals surface area contributed by atoms with Gasteiger partial charge in [-0.2, -0.15) is 18.3 Å². The highest BCUT2D eigenvalue weighted by atomic mass is 35.5. The number of nitrogens with one attached hydrogen (secondary N) is 4. The van der Waals surface area contributed by atoms with Gasteiger partial charge in [0.05, 0.1) is 16.5 Å². The van der Waals surface area contributed by atoms with Gasteiger partial charge in [0.2, 0.25) is 5.91 Å². The van der Waals surface area contributed by atoms with E-state index < -0.39 is 17.8 Å². The number of alkyl halides is 3. The zero-order valence-corrected chi connectivity index (χ0v) is 24.5. The molecule has 1 atom stereocenters. The average Bonchev–Trinajstić information content (AvgIpc) is 3.58. The Bertz CT molecular complexity index is 1550. The van der Waals surface area contributed by atoms with E-state index >= 15 is 0 Å². The van der Waals surface area contributed by atoms with Crippen molar-refractivity contribution in [1.82, 2.24) is 35.3 Å². The number of nitrogens with zero attached hydrogens (tertiary/aromatic N) is 4. The second-order valence-corrected chi connectivity index (χ2v) is 11.9. The van der Waals surface area contributed by atoms with Gasteiger partial charge in [0.25, 0.3) is 11.8 Å². The van der Waals surface area contributed by atoms with Crippen LogP contribution in [-0.4, -0.2) is 87.0 Å². The minimum atomic E-state index is -4.61. The highest BCUT2D eigenvalue weighted by molar-refractivity contribution is 6.34. The van der Waals surface area contributed by atoms with Crippen molar-refractivity contribution in [1.29, 1.82) is 0 Å². The molecule has 2 aliphatic heterocycles. The van der Waals surface area contributed by atoms with Crippen LogP contribution in [0.15, 0.2) is 24.4 Å². The van der Waals surface area contributed by atoms with E-state index in [0.29, 0.717) is 49.8 Å². The number of halogens is 4. The fourth-order valence-electron chi connectivity index (χ4n) is 5.83. The third-order valence-corrected chi connectivity index (χ3v) is 8.66. The molecule has 0 spiro atoms. The number of hydrogen-bond acceptors (Lipinski definition) is 6. The van der Waals surface area contributed by atoms with Gasteiger partial charge in [-0.05, 0) is 50.4 Å². The van der Waals surface area contributed by atoms with Crippen LogP contribution in [0, 0.1) is 5.92 Å². The summed E-state index contributed by atoms with van der Waals surface area (Å²) in [5, 5.41) is 12.1. The molecule has 0 radical (unpaired) electrons. The van der Waals surface area contributed by atoms with Gasteiger partial charge in [-0.1, -0.05) is 11.6 Å². The quantitative estimate of drug-likeness (QED) is 0.313. The molecule has 234 valence electrons. The van der Waals surface area contributed by atoms with Gasteiger partial charge in [-0.25, -0.2) is 4.98 Å². The van der Waals surface area contributed by atoms with Crippen LogP contribution in [0.1, 0.15) is 75.2 Å². The van der Waals surface area contributed by atoms with E-state index in [4.69, 9.17) is 11.6 Å². The predicted molar refractivity (Wildman–Crippen MR) is 154 cm³/mol. The lowest BCUT2D eigenvalue weighted by Crippen LogP contribution is -2.53. The maximum absolute atomic E-state index is 13.5. The van der Waals surface area contributed by atoms with Gasteiger partial charge in [0.15, 0.2) is 11.5 Å². The molecule has 3 aliphatic rings. The number of piperazine rings is 1. The normalized spacial score (nSPS) is 19.2. The number of rotatable bonds is 7. The van der Waals surface area contributed by atoms with Gasteiger partial charge >= 0.3 is 6.18 Å². The molecule has 3 amide bonds. The molecule has 44 heavy (non-hydrogen) atoms. The number of anilines is 1. The fourth-order valence-corrected chi connectivity index (χ4v) is 6.10. The summed E-state index contributed by atoms with van der Waals surface area (Å²) in [6.45, 7) is 3.32. The molecule has 1 saturated carbocycles. The van der Waals surface area contributed by atoms with Gasteiger partial charge in [-0.3, -0.25) is 19.5 Å². The van der Waals surface area contributed by atoms with Crippen molar-refractivity contribution in [3.8, 4) is 0 Å². The monoisotopic (exact) mass is 632 g/mol. The first kappa shape index (κ1) is 30.1. The fraction of sp³-hybridized carbons (Fsp3) is 0.483. The lowest BCUT2D eigenvalue weighted by Gasteiger charge is -2.37. The Morgan fingerprint density at radius 3 is 2.48 bits per heavy atom. The number of imidazole rings is 1. The van der Waals surface area contributed by atoms with Crippen LogP contribution < -0.4 is 10.6 Å². The minimum absolute atomic E-state index is 0.0187. The number of carbonyl (C=O) groups excluding carboxylic acids is 3. The lowest BCUT2D eigenvalue weighted by molar-refractivity contribution is -0.141. The maximum Gasteiger partial charge on any atom is 0.435 e. The zero-order chi connectivity index (χ0) is 31.0. The maximum atomic E-state index is 13.5. The van der Waals surface area contributed by atoms with E-state index in [-0.39, 0.29) is 52.0 Å². The van der Waals surface area contributed by atoms with E-state index in [9.17, 15) is 27.6 Å². The number of benzene rings is 1. The Balaban J connectivity index is 1.06. The summed E-state index contributed by atoms with van der Waals surface area (Å²) in [5.41, 5.74) is 0.480. The summed E-state index contributed by atoms with van der Waals surface area (Å²) in [7, 11) is 0. The van der Waals surface area contributed by atoms with Crippen LogP contribution in [0.5, 0.6) is 0 Å². The molecule has 4 heterocycles. The number of aromatic nitrogens is 4. The van der Waals surface area contributed by atoms with Crippen molar-refractivity contribution in [2.75, 3.05) is 44.6 Å². The van der Waals surface area contributed by atoms with Gasteiger partial charge < -0.3 is 25.4 Å². The molecule has 2 aromatic heterocycles. The summed E-state index contributed by atoms with van der Waals surface area (Å²) in [4.78, 5) is 49.2. The van der Waals surface area contributed by atoms with Crippen LogP contribution in [0.4, 0.5) is 18.9 Å². The van der Waals surface area contributed by atoms with E-state index in [0.717, 1.165) is 32.2 Å². The standard InChI is InChI=1S/C29H32ClF3N8O3/c30-22-13-18(5-6-20(22)28(44)41-10-8-40(9-11-41)27(43)17-2-1-7-34-14-17)37-26(42)25-35-15-19(36-25)12-21-23(16-3-4-16)38-39-24(21)29(31,32)33/h5-6,13,15-17,34H,1-4,7-12,14H2,(H,35,36)(H,37,42)(H,38,39)/t17-/m1/s1. The van der Waals surface area contributed by atoms with Gasteiger partial charge in [0, 0.05) is 73.9 Å². The molecule has 15 heteroatoms. The Labute approximate surface area is 255 Å². The van der Waals surface area contributed by atoms with Crippen LogP contribution in [0.25, 0.3) is 0 Å². The summed E-state index contributed by atoms with van der Waals surface area (Å²) >= 11 is 6.44. The largest absolute Gasteiger partial charge is 0.435 e. The second kappa shape index (κ2) is 12.2. The zero-order valence-electron chi connectivity index (χ0n) is 23.8. The molecule has 0 bridgehead atoms. The summed E-state index contributed by atoms with van der Waals surface area (Å²) in [5.74, 6) is -0.838. The Morgan fingerprint density at radius 1 is 1.07 bits per heavy atom. The molecular formula is C29H32ClF3N8O3. The minimum Gasteiger partial charge on any atom is -0.339 e. The first-order chi connectivity index (χ1) is 21.1. The van der Waals surface area contributed by atoms with Crippen molar-refractivity contribution in [2.45, 2.75) is 44.2 Å². The highest BCUT2D eigenvalue weighted by Crippen LogP contribution is 2.44. The van der Waals surface area contributed by atoms with E-state index in [1.54, 1.807) is 11.0 Å². The predicted octanol–water partition coefficient (Wildman–Crippen LogP) is 3.81. The molecule has 2 saturated heterocycles. The number of hydrogen-bond donors (Lipinski definition) is 4. The summed E-state index contributed by atoms with van der Waals surface area (Å²) in [6, 6.07) is 4.52. The molecule has 4 N–H and O–H groups in total. The number of amides is 3. The van der Waals surface area contributed by atoms with E-state index in [1.807, 2.05) is 4.90 Å². The Morgan fingerprint density at radius 2 is 1.82 bits per heavy atom. The molecule has 6 rings (SSSR count). The van der Waals surface area contributed by atoms with Crippen molar-refractivity contribution in [2.24, 2.45) is 5.92 Å². The molecule has 1 aliphatic carbocycles. The van der Waals surface area contributed by atoms with Crippen LogP contribution in [-0.2, 0) is 17.4 Å². The van der Waals surface area contributed by atoms with Crippen molar-refractivity contribution in [3.05, 3.63) is 63.5 Å². The number of piperidine rings is 1. The summed E-state index contributed by atoms with van der Waals surface area (Å²) < 4.78 is 40.6. The SMILES string of the molecule is O=C(Nc1ccc(C(=O)N2CCN(C(=O)[C@@H]3CCCNC3)CC2)c(Cl)c1)c1ncc(Cc2c(C(F)(F)F)n[nH]c2C2CC2)[nH]1. The molecular weight excluding hydrogens is 601 g/mol. The first-order valence-electron chi connectivity index (χ1n) is 14.7. The van der Waals surface area contributed by atoms with Crippen LogP contribution >= 0.6 is 11.6 Å². The van der Waals surface area contributed by atoms with E-state index in [2.05, 4.69) is 30.8 Å². The van der Waals surface area contributed by atoms with Crippen LogP contribution in [0.3, 0.4) is 0 Å². The topological polar surface area (TPSA) is 139 Å². The third-order valence-electron chi connectivity index (χ3n) is 8.35. The van der Waals surface area contributed by atoms with Crippen LogP contribution in [0.2, 0.25) is 5.02 Å². The van der Waals surface area contributed by atoms with Gasteiger partial charge in [0.1, 0.15) is 0 Å². The second-order valence-electron chi connectivity index (χ2n) is 11.5. The number of carbonyl (C=O) groups is 3. The number of aromatic amines is 2. The van der Waals surface area contributed by atoms with Crippen molar-refractivity contribution in [3.63, 3.8) is 0 Å². The molecule has 0 unspecified atom stereocenters. The van der Waals surface area contributed by atoms with E-state index in [1.165, 1.54) is 18.3 Å². The Kier molecular flexibility index (Phi) is 8.38. The number of H-pyrrole nitrogens is 2. The van der Waals surface area contributed by atoms with Crippen molar-refractivity contribution >= 4 is 35.0 Å². The highest BCUT2D eigenvalue weighted by Gasteiger charge is 2.40. The molecule has 3 fully saturated rings. The Hall–Kier alpha value is -3.91. The molecule has 3 aromatic rings. The smallest absolute Gasteiger partial charge is 0.339 e. The average molecular weight is 633 g/mol. The third kappa shape index (κ3) is 6.46. The molecule has 11 nitrogen and oxygen atoms in total. The molecule has 1 aromatic carbocycles. The summed E-state index contributed by atoms with van der Waals surface area (Å²) in [6.07, 6.45) is 0.0585. The van der Waals surface area contributed by atoms with Gasteiger partial charge in [-0.15, -0.1) is 0 Å². The lowest BCUT2D eigenvalue weighted by atomic mass is 9.98.